The third-order valence-electron chi connectivity index (χ3n) is 8.73. The molecule has 14 heteroatoms. The van der Waals surface area contributed by atoms with Crippen LogP contribution in [0.4, 0.5) is 20.2 Å². The van der Waals surface area contributed by atoms with Gasteiger partial charge < -0.3 is 20.6 Å². The van der Waals surface area contributed by atoms with Crippen molar-refractivity contribution >= 4 is 79.7 Å². The second-order valence-corrected chi connectivity index (χ2v) is 13.3. The summed E-state index contributed by atoms with van der Waals surface area (Å²) in [5, 5.41) is 7.48. The second kappa shape index (κ2) is 15.5. The van der Waals surface area contributed by atoms with Crippen LogP contribution in [0.25, 0.3) is 21.8 Å². The minimum absolute atomic E-state index is 0.0863. The fraction of sp³-hybridized carbons (Fsp3) is 0.0500. The van der Waals surface area contributed by atoms with Crippen LogP contribution in [-0.2, 0) is 0 Å². The highest BCUT2D eigenvalue weighted by atomic mass is 32.1. The van der Waals surface area contributed by atoms with E-state index in [2.05, 4.69) is 54.4 Å². The fourth-order valence-corrected chi connectivity index (χ4v) is 6.50. The van der Waals surface area contributed by atoms with E-state index in [-0.39, 0.29) is 16.1 Å². The standard InChI is InChI=1S/C40H32F2N8O2S2/c1-22-8-10-23(11-9-22)36(32-20-43-34-14-12-24(16-30(32)34)37(51)47-49-39(53)45-28-6-2-4-26(41)18-28)33-21-44-35-15-13-25(17-31(33)35)38(52)48-50-40(54)46-29-7-3-5-27(42)19-29/h2-21,36,43-44H,1H3,(H,47,51)(H,48,52)(H2,45,49,53)(H2,46,50,54). The van der Waals surface area contributed by atoms with Crippen LogP contribution in [-0.4, -0.2) is 32.0 Å². The van der Waals surface area contributed by atoms with Crippen LogP contribution in [0, 0.1) is 18.6 Å². The van der Waals surface area contributed by atoms with Gasteiger partial charge in [0, 0.05) is 62.6 Å². The molecule has 0 saturated heterocycles. The van der Waals surface area contributed by atoms with Crippen molar-refractivity contribution in [2.24, 2.45) is 0 Å². The van der Waals surface area contributed by atoms with Crippen molar-refractivity contribution in [3.8, 4) is 0 Å². The van der Waals surface area contributed by atoms with E-state index in [1.54, 1.807) is 36.4 Å². The van der Waals surface area contributed by atoms with Crippen molar-refractivity contribution in [1.82, 2.24) is 31.7 Å². The first-order valence-electron chi connectivity index (χ1n) is 16.7. The molecule has 5 aromatic carbocycles. The lowest BCUT2D eigenvalue weighted by Crippen LogP contribution is -2.43. The molecule has 10 nitrogen and oxygen atoms in total. The van der Waals surface area contributed by atoms with Gasteiger partial charge in [-0.2, -0.15) is 0 Å². The maximum absolute atomic E-state index is 13.6. The number of H-pyrrole nitrogens is 2. The number of aryl methyl sites for hydroxylation is 1. The predicted molar refractivity (Wildman–Crippen MR) is 215 cm³/mol. The summed E-state index contributed by atoms with van der Waals surface area (Å²) in [6.07, 6.45) is 3.86. The first-order valence-corrected chi connectivity index (χ1v) is 17.5. The van der Waals surface area contributed by atoms with Crippen molar-refractivity contribution in [2.75, 3.05) is 10.6 Å². The number of aromatic nitrogens is 2. The van der Waals surface area contributed by atoms with Gasteiger partial charge in [-0.25, -0.2) is 8.78 Å². The Labute approximate surface area is 318 Å². The quantitative estimate of drug-likeness (QED) is 0.0613. The number of halogens is 2. The van der Waals surface area contributed by atoms with E-state index in [1.165, 1.54) is 24.3 Å². The SMILES string of the molecule is Cc1ccc(C(c2c[nH]c3ccc(C(=O)NNC(=S)Nc4cccc(F)c4)cc23)c2c[nH]c3ccc(C(=O)NNC(=S)Nc4cccc(F)c4)cc23)cc1. The molecule has 7 aromatic rings. The van der Waals surface area contributed by atoms with E-state index in [4.69, 9.17) is 24.4 Å². The Hall–Kier alpha value is -6.64. The Balaban J connectivity index is 1.15. The van der Waals surface area contributed by atoms with E-state index in [9.17, 15) is 18.4 Å². The molecule has 0 fully saturated rings. The lowest BCUT2D eigenvalue weighted by atomic mass is 9.84. The van der Waals surface area contributed by atoms with E-state index in [0.29, 0.717) is 22.5 Å². The number of anilines is 2. The number of hydrogen-bond acceptors (Lipinski definition) is 4. The van der Waals surface area contributed by atoms with Crippen molar-refractivity contribution in [3.63, 3.8) is 0 Å². The second-order valence-electron chi connectivity index (χ2n) is 12.4. The molecule has 270 valence electrons. The van der Waals surface area contributed by atoms with Crippen LogP contribution in [0.3, 0.4) is 0 Å². The highest BCUT2D eigenvalue weighted by molar-refractivity contribution is 7.80. The maximum Gasteiger partial charge on any atom is 0.269 e. The molecule has 0 radical (unpaired) electrons. The van der Waals surface area contributed by atoms with Crippen LogP contribution >= 0.6 is 24.4 Å². The summed E-state index contributed by atoms with van der Waals surface area (Å²) in [5.74, 6) is -2.01. The maximum atomic E-state index is 13.6. The van der Waals surface area contributed by atoms with Gasteiger partial charge >= 0.3 is 0 Å². The Morgan fingerprint density at radius 2 is 1.06 bits per heavy atom. The molecule has 2 heterocycles. The first kappa shape index (κ1) is 35.7. The summed E-state index contributed by atoms with van der Waals surface area (Å²) in [6.45, 7) is 2.02. The van der Waals surface area contributed by atoms with Gasteiger partial charge in [0.1, 0.15) is 11.6 Å². The van der Waals surface area contributed by atoms with Crippen molar-refractivity contribution in [3.05, 3.63) is 167 Å². The largest absolute Gasteiger partial charge is 0.361 e. The molecule has 0 saturated carbocycles. The summed E-state index contributed by atoms with van der Waals surface area (Å²) in [6, 6.07) is 30.5. The number of carbonyl (C=O) groups is 2. The zero-order valence-corrected chi connectivity index (χ0v) is 30.1. The first-order chi connectivity index (χ1) is 26.1. The van der Waals surface area contributed by atoms with E-state index < -0.39 is 23.4 Å². The number of amides is 2. The Kier molecular flexibility index (Phi) is 10.3. The number of rotatable bonds is 7. The van der Waals surface area contributed by atoms with Gasteiger partial charge in [0.05, 0.1) is 0 Å². The number of hydrazine groups is 2. The minimum atomic E-state index is -0.429. The molecule has 54 heavy (non-hydrogen) atoms. The van der Waals surface area contributed by atoms with Crippen LogP contribution in [0.5, 0.6) is 0 Å². The van der Waals surface area contributed by atoms with Gasteiger partial charge in [0.15, 0.2) is 10.2 Å². The zero-order chi connectivity index (χ0) is 37.8. The summed E-state index contributed by atoms with van der Waals surface area (Å²) < 4.78 is 27.2. The normalized spacial score (nSPS) is 11.0. The number of benzene rings is 5. The third kappa shape index (κ3) is 8.04. The van der Waals surface area contributed by atoms with Crippen molar-refractivity contribution in [2.45, 2.75) is 12.8 Å². The number of hydrogen-bond donors (Lipinski definition) is 8. The molecule has 0 atom stereocenters. The topological polar surface area (TPSA) is 138 Å². The molecule has 2 aromatic heterocycles. The van der Waals surface area contributed by atoms with Gasteiger partial charge in [-0.1, -0.05) is 42.0 Å². The van der Waals surface area contributed by atoms with E-state index in [0.717, 1.165) is 44.1 Å². The van der Waals surface area contributed by atoms with E-state index in [1.807, 2.05) is 55.7 Å². The highest BCUT2D eigenvalue weighted by Crippen LogP contribution is 2.40. The molecule has 2 amide bonds. The molecule has 0 aliphatic heterocycles. The van der Waals surface area contributed by atoms with Crippen molar-refractivity contribution < 1.29 is 18.4 Å². The number of thiocarbonyl (C=S) groups is 2. The Morgan fingerprint density at radius 1 is 0.593 bits per heavy atom. The van der Waals surface area contributed by atoms with Crippen LogP contribution in [0.2, 0.25) is 0 Å². The monoisotopic (exact) mass is 758 g/mol. The highest BCUT2D eigenvalue weighted by Gasteiger charge is 2.25. The predicted octanol–water partition coefficient (Wildman–Crippen LogP) is 7.68. The molecule has 7 rings (SSSR count). The third-order valence-corrected chi connectivity index (χ3v) is 9.14. The smallest absolute Gasteiger partial charge is 0.269 e. The van der Waals surface area contributed by atoms with Crippen LogP contribution < -0.4 is 32.3 Å². The summed E-state index contributed by atoms with van der Waals surface area (Å²) in [4.78, 5) is 33.3. The molecular formula is C40H32F2N8O2S2. The average Bonchev–Trinajstić information content (AvgIpc) is 3.78. The number of carbonyl (C=O) groups excluding carboxylic acids is 2. The molecule has 0 unspecified atom stereocenters. The zero-order valence-electron chi connectivity index (χ0n) is 28.5. The molecule has 0 bridgehead atoms. The van der Waals surface area contributed by atoms with Crippen LogP contribution in [0.15, 0.2) is 122 Å². The van der Waals surface area contributed by atoms with Gasteiger partial charge in [-0.3, -0.25) is 31.3 Å². The fourth-order valence-electron chi connectivity index (χ4n) is 6.16. The molecule has 8 N–H and O–H groups in total. The van der Waals surface area contributed by atoms with Gasteiger partial charge in [-0.15, -0.1) is 0 Å². The summed E-state index contributed by atoms with van der Waals surface area (Å²) in [5.41, 5.74) is 17.7. The summed E-state index contributed by atoms with van der Waals surface area (Å²) in [7, 11) is 0. The van der Waals surface area contributed by atoms with Crippen molar-refractivity contribution in [1.29, 1.82) is 0 Å². The number of fused-ring (bicyclic) bond motifs is 2. The Bertz CT molecular complexity index is 2400. The van der Waals surface area contributed by atoms with Gasteiger partial charge in [-0.05, 0) is 121 Å². The Morgan fingerprint density at radius 3 is 1.50 bits per heavy atom. The lowest BCUT2D eigenvalue weighted by Gasteiger charge is -2.18. The summed E-state index contributed by atoms with van der Waals surface area (Å²) >= 11 is 10.6. The number of nitrogens with one attached hydrogen (secondary N) is 8. The lowest BCUT2D eigenvalue weighted by molar-refractivity contribution is 0.0936. The van der Waals surface area contributed by atoms with Gasteiger partial charge in [0.25, 0.3) is 11.8 Å². The average molecular weight is 759 g/mol. The van der Waals surface area contributed by atoms with E-state index >= 15 is 0 Å². The minimum Gasteiger partial charge on any atom is -0.361 e. The van der Waals surface area contributed by atoms with Crippen LogP contribution in [0.1, 0.15) is 48.9 Å². The molecule has 0 spiro atoms. The van der Waals surface area contributed by atoms with Gasteiger partial charge in [0.2, 0.25) is 0 Å². The molecular weight excluding hydrogens is 727 g/mol. The molecule has 0 aliphatic carbocycles. The molecule has 0 aliphatic rings. The number of aromatic amines is 2.